The van der Waals surface area contributed by atoms with Crippen LogP contribution in [-0.2, 0) is 0 Å². The van der Waals surface area contributed by atoms with Crippen LogP contribution in [0.2, 0.25) is 0 Å². The zero-order valence-corrected chi connectivity index (χ0v) is 13.0. The van der Waals surface area contributed by atoms with Gasteiger partial charge in [0, 0.05) is 31.1 Å². The molecule has 1 unspecified atom stereocenters. The second-order valence-corrected chi connectivity index (χ2v) is 6.57. The predicted molar refractivity (Wildman–Crippen MR) is 85.9 cm³/mol. The second-order valence-electron chi connectivity index (χ2n) is 6.57. The van der Waals surface area contributed by atoms with Gasteiger partial charge in [0.05, 0.1) is 5.52 Å². The maximum atomic E-state index is 13.0. The van der Waals surface area contributed by atoms with Gasteiger partial charge in [-0.1, -0.05) is 18.6 Å². The molecule has 1 aromatic carbocycles. The Morgan fingerprint density at radius 3 is 3.09 bits per heavy atom. The summed E-state index contributed by atoms with van der Waals surface area (Å²) in [5.41, 5.74) is 2.70. The zero-order valence-electron chi connectivity index (χ0n) is 13.0. The minimum absolute atomic E-state index is 0.0849. The van der Waals surface area contributed by atoms with Gasteiger partial charge in [-0.25, -0.2) is 0 Å². The molecule has 2 bridgehead atoms. The Morgan fingerprint density at radius 1 is 1.27 bits per heavy atom. The van der Waals surface area contributed by atoms with Crippen LogP contribution >= 0.6 is 0 Å². The first-order valence-corrected chi connectivity index (χ1v) is 8.20. The lowest BCUT2D eigenvalue weighted by atomic mass is 10.1. The van der Waals surface area contributed by atoms with Gasteiger partial charge >= 0.3 is 0 Å². The lowest BCUT2D eigenvalue weighted by Gasteiger charge is -2.39. The Labute approximate surface area is 130 Å². The third-order valence-corrected chi connectivity index (χ3v) is 5.01. The van der Waals surface area contributed by atoms with Crippen LogP contribution in [0.4, 0.5) is 0 Å². The van der Waals surface area contributed by atoms with Crippen molar-refractivity contribution in [3.63, 3.8) is 0 Å². The number of carbonyl (C=O) groups excluding carboxylic acids is 1. The molecule has 1 amide bonds. The van der Waals surface area contributed by atoms with Crippen molar-refractivity contribution in [2.75, 3.05) is 26.2 Å². The molecule has 1 N–H and O–H groups in total. The van der Waals surface area contributed by atoms with E-state index in [-0.39, 0.29) is 5.91 Å². The van der Waals surface area contributed by atoms with Crippen molar-refractivity contribution in [2.45, 2.75) is 32.2 Å². The number of hydrogen-bond donors (Lipinski definition) is 1. The summed E-state index contributed by atoms with van der Waals surface area (Å²) in [5.74, 6) is 0.0849. The van der Waals surface area contributed by atoms with E-state index in [1.54, 1.807) is 0 Å². The molecule has 0 radical (unpaired) electrons. The smallest absolute Gasteiger partial charge is 0.275 e. The number of piperazine rings is 1. The van der Waals surface area contributed by atoms with Crippen LogP contribution in [0.5, 0.6) is 0 Å². The highest BCUT2D eigenvalue weighted by molar-refractivity contribution is 6.04. The Kier molecular flexibility index (Phi) is 3.37. The largest absolute Gasteiger partial charge is 0.332 e. The lowest BCUT2D eigenvalue weighted by molar-refractivity contribution is 0.0480. The minimum Gasteiger partial charge on any atom is -0.332 e. The van der Waals surface area contributed by atoms with Crippen molar-refractivity contribution in [3.8, 4) is 0 Å². The summed E-state index contributed by atoms with van der Waals surface area (Å²) < 4.78 is 0. The van der Waals surface area contributed by atoms with Crippen molar-refractivity contribution in [2.24, 2.45) is 0 Å². The second kappa shape index (κ2) is 5.39. The summed E-state index contributed by atoms with van der Waals surface area (Å²) in [7, 11) is 0. The van der Waals surface area contributed by atoms with E-state index in [1.165, 1.54) is 24.9 Å². The Balaban J connectivity index is 1.65. The van der Waals surface area contributed by atoms with Gasteiger partial charge in [0.2, 0.25) is 0 Å². The van der Waals surface area contributed by atoms with Crippen LogP contribution < -0.4 is 0 Å². The van der Waals surface area contributed by atoms with E-state index < -0.39 is 0 Å². The van der Waals surface area contributed by atoms with E-state index in [4.69, 9.17) is 0 Å². The fourth-order valence-electron chi connectivity index (χ4n) is 3.79. The van der Waals surface area contributed by atoms with Crippen molar-refractivity contribution in [1.29, 1.82) is 0 Å². The number of rotatable bonds is 1. The first-order valence-electron chi connectivity index (χ1n) is 8.20. The van der Waals surface area contributed by atoms with Gasteiger partial charge in [-0.2, -0.15) is 5.10 Å². The van der Waals surface area contributed by atoms with Crippen LogP contribution in [0.25, 0.3) is 10.9 Å². The molecule has 22 heavy (non-hydrogen) atoms. The molecule has 0 saturated carbocycles. The van der Waals surface area contributed by atoms with Crippen molar-refractivity contribution >= 4 is 16.8 Å². The highest BCUT2D eigenvalue weighted by atomic mass is 16.2. The number of amides is 1. The van der Waals surface area contributed by atoms with E-state index in [9.17, 15) is 4.79 Å². The molecule has 2 aliphatic rings. The quantitative estimate of drug-likeness (QED) is 0.878. The first kappa shape index (κ1) is 13.8. The average molecular weight is 298 g/mol. The third-order valence-electron chi connectivity index (χ3n) is 5.01. The molecule has 116 valence electrons. The Morgan fingerprint density at radius 2 is 2.18 bits per heavy atom. The highest BCUT2D eigenvalue weighted by Gasteiger charge is 2.33. The average Bonchev–Trinajstić information content (AvgIpc) is 2.84. The summed E-state index contributed by atoms with van der Waals surface area (Å²) in [4.78, 5) is 17.5. The fourth-order valence-corrected chi connectivity index (χ4v) is 3.79. The number of aryl methyl sites for hydroxylation is 1. The number of benzene rings is 1. The normalized spacial score (nSPS) is 25.2. The van der Waals surface area contributed by atoms with Gasteiger partial charge in [0.25, 0.3) is 5.91 Å². The van der Waals surface area contributed by atoms with E-state index in [1.807, 2.05) is 25.1 Å². The van der Waals surface area contributed by atoms with Gasteiger partial charge < -0.3 is 4.90 Å². The van der Waals surface area contributed by atoms with E-state index in [0.29, 0.717) is 11.7 Å². The van der Waals surface area contributed by atoms with E-state index >= 15 is 0 Å². The molecule has 3 heterocycles. The van der Waals surface area contributed by atoms with Gasteiger partial charge in [0.15, 0.2) is 5.69 Å². The number of aromatic nitrogens is 2. The summed E-state index contributed by atoms with van der Waals surface area (Å²) >= 11 is 0. The Hall–Kier alpha value is -1.88. The summed E-state index contributed by atoms with van der Waals surface area (Å²) in [6, 6.07) is 6.44. The van der Waals surface area contributed by atoms with E-state index in [2.05, 4.69) is 20.0 Å². The van der Waals surface area contributed by atoms with Crippen LogP contribution in [0, 0.1) is 6.92 Å². The molecule has 2 fully saturated rings. The number of hydrogen-bond acceptors (Lipinski definition) is 3. The highest BCUT2D eigenvalue weighted by Crippen LogP contribution is 2.24. The van der Waals surface area contributed by atoms with Gasteiger partial charge in [0.1, 0.15) is 0 Å². The molecule has 0 spiro atoms. The number of carbonyl (C=O) groups is 1. The molecule has 2 aromatic rings. The maximum Gasteiger partial charge on any atom is 0.275 e. The fraction of sp³-hybridized carbons (Fsp3) is 0.529. The van der Waals surface area contributed by atoms with Crippen LogP contribution in [0.15, 0.2) is 18.2 Å². The summed E-state index contributed by atoms with van der Waals surface area (Å²) in [6.07, 6.45) is 3.58. The standard InChI is InChI=1S/C17H22N4O/c1-12-5-6-14-15(10-12)18-19-16(14)17(22)21-9-8-20-7-3-2-4-13(21)11-20/h5-6,10,13H,2-4,7-9,11H2,1H3,(H,18,19)/t13-/m0/s1. The van der Waals surface area contributed by atoms with Crippen LogP contribution in [0.3, 0.4) is 0 Å². The number of fused-ring (bicyclic) bond motifs is 3. The van der Waals surface area contributed by atoms with Gasteiger partial charge in [-0.05, 0) is 37.9 Å². The summed E-state index contributed by atoms with van der Waals surface area (Å²) in [5, 5.41) is 8.26. The van der Waals surface area contributed by atoms with Crippen LogP contribution in [0.1, 0.15) is 35.3 Å². The molecular weight excluding hydrogens is 276 g/mol. The first-order chi connectivity index (χ1) is 10.7. The van der Waals surface area contributed by atoms with Crippen molar-refractivity contribution in [1.82, 2.24) is 20.0 Å². The van der Waals surface area contributed by atoms with Crippen molar-refractivity contribution < 1.29 is 4.79 Å². The SMILES string of the molecule is Cc1ccc2c(C(=O)N3CCN4CCCC[C@H]3C4)n[nH]c2c1. The molecular formula is C17H22N4O. The molecule has 2 atom stereocenters. The van der Waals surface area contributed by atoms with Gasteiger partial charge in [-0.15, -0.1) is 0 Å². The molecule has 5 nitrogen and oxygen atoms in total. The molecule has 2 saturated heterocycles. The molecule has 0 aliphatic carbocycles. The number of nitrogens with one attached hydrogen (secondary N) is 1. The maximum absolute atomic E-state index is 13.0. The molecule has 1 aromatic heterocycles. The van der Waals surface area contributed by atoms with Gasteiger partial charge in [-0.3, -0.25) is 14.8 Å². The molecule has 5 heteroatoms. The lowest BCUT2D eigenvalue weighted by Crippen LogP contribution is -2.54. The number of nitrogens with zero attached hydrogens (tertiary/aromatic N) is 3. The summed E-state index contributed by atoms with van der Waals surface area (Å²) in [6.45, 7) is 6.07. The van der Waals surface area contributed by atoms with Crippen LogP contribution in [-0.4, -0.2) is 58.1 Å². The third kappa shape index (κ3) is 2.29. The zero-order chi connectivity index (χ0) is 15.1. The monoisotopic (exact) mass is 298 g/mol. The van der Waals surface area contributed by atoms with Crippen molar-refractivity contribution in [3.05, 3.63) is 29.5 Å². The molecule has 4 rings (SSSR count). The predicted octanol–water partition coefficient (Wildman–Crippen LogP) is 2.18. The Bertz CT molecular complexity index is 708. The minimum atomic E-state index is 0.0849. The number of H-pyrrole nitrogens is 1. The van der Waals surface area contributed by atoms with E-state index in [0.717, 1.165) is 37.0 Å². The molecule has 2 aliphatic heterocycles. The number of aromatic amines is 1. The topological polar surface area (TPSA) is 52.2 Å².